The molecule has 7 nitrogen and oxygen atoms in total. The molecule has 0 unspecified atom stereocenters. The van der Waals surface area contributed by atoms with Crippen molar-refractivity contribution in [2.45, 2.75) is 6.92 Å². The lowest BCUT2D eigenvalue weighted by atomic mass is 10.2. The van der Waals surface area contributed by atoms with Gasteiger partial charge < -0.3 is 5.32 Å². The first-order chi connectivity index (χ1) is 9.40. The van der Waals surface area contributed by atoms with Crippen LogP contribution in [0.3, 0.4) is 0 Å². The molecule has 0 atom stereocenters. The second-order valence-electron chi connectivity index (χ2n) is 4.20. The number of anilines is 1. The van der Waals surface area contributed by atoms with E-state index < -0.39 is 10.8 Å². The van der Waals surface area contributed by atoms with Crippen molar-refractivity contribution in [1.82, 2.24) is 9.78 Å². The molecule has 1 aromatic heterocycles. The van der Waals surface area contributed by atoms with Gasteiger partial charge in [-0.05, 0) is 18.6 Å². The maximum atomic E-state index is 12.1. The molecular weight excluding hydrogens is 284 g/mol. The number of nitro benzene ring substituents is 1. The summed E-state index contributed by atoms with van der Waals surface area (Å²) in [5, 5.41) is 17.5. The topological polar surface area (TPSA) is 90.1 Å². The third kappa shape index (κ3) is 2.62. The van der Waals surface area contributed by atoms with Crippen LogP contribution in [0.4, 0.5) is 11.4 Å². The van der Waals surface area contributed by atoms with Crippen molar-refractivity contribution in [3.8, 4) is 0 Å². The standard InChI is InChI=1S/C12H11ClN4O3/c1-7-3-4-9(10(5-7)17(19)20)15-12(18)11-8(13)6-14-16(11)2/h3-6H,1-2H3,(H,15,18). The van der Waals surface area contributed by atoms with E-state index >= 15 is 0 Å². The normalized spacial score (nSPS) is 10.3. The molecule has 0 saturated carbocycles. The third-order valence-corrected chi connectivity index (χ3v) is 2.98. The van der Waals surface area contributed by atoms with E-state index in [4.69, 9.17) is 11.6 Å². The van der Waals surface area contributed by atoms with Crippen LogP contribution < -0.4 is 5.32 Å². The van der Waals surface area contributed by atoms with Crippen molar-refractivity contribution in [2.24, 2.45) is 7.05 Å². The smallest absolute Gasteiger partial charge is 0.293 e. The van der Waals surface area contributed by atoms with Crippen molar-refractivity contribution < 1.29 is 9.72 Å². The number of carbonyl (C=O) groups excluding carboxylic acids is 1. The van der Waals surface area contributed by atoms with E-state index in [9.17, 15) is 14.9 Å². The zero-order chi connectivity index (χ0) is 14.9. The zero-order valence-electron chi connectivity index (χ0n) is 10.8. The molecule has 0 aliphatic rings. The molecule has 0 aliphatic carbocycles. The molecule has 0 bridgehead atoms. The van der Waals surface area contributed by atoms with E-state index in [1.54, 1.807) is 20.0 Å². The summed E-state index contributed by atoms with van der Waals surface area (Å²) in [6.07, 6.45) is 1.33. The Morgan fingerprint density at radius 2 is 2.20 bits per heavy atom. The molecule has 2 rings (SSSR count). The molecule has 2 aromatic rings. The van der Waals surface area contributed by atoms with Crippen LogP contribution in [-0.2, 0) is 7.05 Å². The molecule has 0 spiro atoms. The van der Waals surface area contributed by atoms with Crippen molar-refractivity contribution >= 4 is 28.9 Å². The highest BCUT2D eigenvalue weighted by Gasteiger charge is 2.20. The van der Waals surface area contributed by atoms with Crippen LogP contribution in [0.5, 0.6) is 0 Å². The number of hydrogen-bond acceptors (Lipinski definition) is 4. The van der Waals surface area contributed by atoms with Gasteiger partial charge in [-0.3, -0.25) is 19.6 Å². The molecule has 0 saturated heterocycles. The van der Waals surface area contributed by atoms with E-state index in [1.165, 1.54) is 23.0 Å². The number of nitrogens with one attached hydrogen (secondary N) is 1. The number of aromatic nitrogens is 2. The Kier molecular flexibility index (Phi) is 3.71. The third-order valence-electron chi connectivity index (χ3n) is 2.71. The van der Waals surface area contributed by atoms with Gasteiger partial charge in [0.2, 0.25) is 0 Å². The molecule has 0 radical (unpaired) electrons. The van der Waals surface area contributed by atoms with E-state index in [2.05, 4.69) is 10.4 Å². The highest BCUT2D eigenvalue weighted by molar-refractivity contribution is 6.34. The van der Waals surface area contributed by atoms with Crippen LogP contribution >= 0.6 is 11.6 Å². The SMILES string of the molecule is Cc1ccc(NC(=O)c2c(Cl)cnn2C)c([N+](=O)[O-])c1. The summed E-state index contributed by atoms with van der Waals surface area (Å²) in [6, 6.07) is 4.55. The van der Waals surface area contributed by atoms with Gasteiger partial charge in [0.15, 0.2) is 0 Å². The molecular formula is C12H11ClN4O3. The number of amides is 1. The van der Waals surface area contributed by atoms with Crippen molar-refractivity contribution in [1.29, 1.82) is 0 Å². The van der Waals surface area contributed by atoms with Gasteiger partial charge in [-0.25, -0.2) is 0 Å². The van der Waals surface area contributed by atoms with Gasteiger partial charge in [0.25, 0.3) is 11.6 Å². The summed E-state index contributed by atoms with van der Waals surface area (Å²) in [4.78, 5) is 22.5. The molecule has 1 amide bonds. The Labute approximate surface area is 119 Å². The van der Waals surface area contributed by atoms with Gasteiger partial charge in [-0.15, -0.1) is 0 Å². The number of aryl methyl sites for hydroxylation is 2. The summed E-state index contributed by atoms with van der Waals surface area (Å²) in [7, 11) is 1.56. The van der Waals surface area contributed by atoms with E-state index in [0.29, 0.717) is 0 Å². The van der Waals surface area contributed by atoms with Crippen LogP contribution in [0.25, 0.3) is 0 Å². The fraction of sp³-hybridized carbons (Fsp3) is 0.167. The maximum Gasteiger partial charge on any atom is 0.293 e. The van der Waals surface area contributed by atoms with Gasteiger partial charge in [0, 0.05) is 13.1 Å². The van der Waals surface area contributed by atoms with Crippen LogP contribution in [-0.4, -0.2) is 20.6 Å². The van der Waals surface area contributed by atoms with E-state index in [1.807, 2.05) is 0 Å². The Hall–Kier alpha value is -2.41. The Balaban J connectivity index is 2.36. The number of carbonyl (C=O) groups is 1. The lowest BCUT2D eigenvalue weighted by molar-refractivity contribution is -0.384. The van der Waals surface area contributed by atoms with Crippen molar-refractivity contribution in [3.05, 3.63) is 50.8 Å². The van der Waals surface area contributed by atoms with Crippen molar-refractivity contribution in [3.63, 3.8) is 0 Å². The number of nitrogens with zero attached hydrogens (tertiary/aromatic N) is 3. The summed E-state index contributed by atoms with van der Waals surface area (Å²) in [5.41, 5.74) is 0.814. The monoisotopic (exact) mass is 294 g/mol. The molecule has 104 valence electrons. The summed E-state index contributed by atoms with van der Waals surface area (Å²) >= 11 is 5.86. The van der Waals surface area contributed by atoms with Gasteiger partial charge in [0.05, 0.1) is 16.1 Å². The largest absolute Gasteiger partial charge is 0.315 e. The first-order valence-electron chi connectivity index (χ1n) is 5.64. The lowest BCUT2D eigenvalue weighted by Gasteiger charge is -2.07. The predicted molar refractivity (Wildman–Crippen MR) is 74.0 cm³/mol. The minimum Gasteiger partial charge on any atom is -0.315 e. The average molecular weight is 295 g/mol. The minimum atomic E-state index is -0.554. The minimum absolute atomic E-state index is 0.114. The average Bonchev–Trinajstić information content (AvgIpc) is 2.71. The summed E-state index contributed by atoms with van der Waals surface area (Å²) in [6.45, 7) is 1.73. The van der Waals surface area contributed by atoms with Crippen LogP contribution in [0.2, 0.25) is 5.02 Å². The van der Waals surface area contributed by atoms with Crippen LogP contribution in [0, 0.1) is 17.0 Å². The van der Waals surface area contributed by atoms with Gasteiger partial charge in [0.1, 0.15) is 11.4 Å². The molecule has 8 heteroatoms. The number of nitro groups is 1. The Morgan fingerprint density at radius 3 is 2.75 bits per heavy atom. The summed E-state index contributed by atoms with van der Waals surface area (Å²) in [5.74, 6) is -0.554. The Bertz CT molecular complexity index is 677. The van der Waals surface area contributed by atoms with Gasteiger partial charge in [-0.2, -0.15) is 5.10 Å². The zero-order valence-corrected chi connectivity index (χ0v) is 11.5. The first-order valence-corrected chi connectivity index (χ1v) is 6.02. The highest BCUT2D eigenvalue weighted by atomic mass is 35.5. The van der Waals surface area contributed by atoms with Crippen molar-refractivity contribution in [2.75, 3.05) is 5.32 Å². The number of hydrogen-bond donors (Lipinski definition) is 1. The van der Waals surface area contributed by atoms with Gasteiger partial charge in [-0.1, -0.05) is 17.7 Å². The fourth-order valence-electron chi connectivity index (χ4n) is 1.75. The number of rotatable bonds is 3. The summed E-state index contributed by atoms with van der Waals surface area (Å²) < 4.78 is 1.30. The maximum absolute atomic E-state index is 12.1. The fourth-order valence-corrected chi connectivity index (χ4v) is 2.00. The molecule has 1 aromatic carbocycles. The number of halogens is 1. The molecule has 20 heavy (non-hydrogen) atoms. The molecule has 1 N–H and O–H groups in total. The molecule has 1 heterocycles. The quantitative estimate of drug-likeness (QED) is 0.695. The van der Waals surface area contributed by atoms with E-state index in [-0.39, 0.29) is 22.1 Å². The van der Waals surface area contributed by atoms with Crippen LogP contribution in [0.1, 0.15) is 16.1 Å². The lowest BCUT2D eigenvalue weighted by Crippen LogP contribution is -2.17. The highest BCUT2D eigenvalue weighted by Crippen LogP contribution is 2.26. The van der Waals surface area contributed by atoms with Gasteiger partial charge >= 0.3 is 0 Å². The number of benzene rings is 1. The molecule has 0 aliphatic heterocycles. The second-order valence-corrected chi connectivity index (χ2v) is 4.60. The second kappa shape index (κ2) is 5.30. The molecule has 0 fully saturated rings. The Morgan fingerprint density at radius 1 is 1.50 bits per heavy atom. The first kappa shape index (κ1) is 14.0. The van der Waals surface area contributed by atoms with Crippen LogP contribution in [0.15, 0.2) is 24.4 Å². The van der Waals surface area contributed by atoms with E-state index in [0.717, 1.165) is 5.56 Å². The predicted octanol–water partition coefficient (Wildman–Crippen LogP) is 2.54.